The maximum Gasteiger partial charge on any atom is 0.0357 e. The number of hydrogen-bond donors (Lipinski definition) is 1. The fourth-order valence-electron chi connectivity index (χ4n) is 2.51. The first-order valence-corrected chi connectivity index (χ1v) is 7.68. The maximum absolute atomic E-state index is 3.44. The van der Waals surface area contributed by atoms with Crippen LogP contribution in [0.1, 0.15) is 38.3 Å². The Morgan fingerprint density at radius 1 is 1.21 bits per heavy atom. The van der Waals surface area contributed by atoms with Crippen molar-refractivity contribution in [2.24, 2.45) is 5.92 Å². The Kier molecular flexibility index (Phi) is 10.1. The lowest BCUT2D eigenvalue weighted by Crippen LogP contribution is -2.45. The molecule has 2 heterocycles. The zero-order valence-corrected chi connectivity index (χ0v) is 14.3. The standard InChI is InChI=1S/C14H24N2S.2ClH/c1-12(2)3-4-14(13-5-10-17-11-13)16-8-6-15-7-9-16;;/h5,10-12,14-15H,3-4,6-9H2,1-2H3;2*1H/t14-;;/m1../s1. The molecule has 1 fully saturated rings. The van der Waals surface area contributed by atoms with Crippen molar-refractivity contribution in [1.82, 2.24) is 10.2 Å². The van der Waals surface area contributed by atoms with Crippen molar-refractivity contribution in [2.75, 3.05) is 26.2 Å². The predicted molar refractivity (Wildman–Crippen MR) is 90.1 cm³/mol. The average molecular weight is 325 g/mol. The van der Waals surface area contributed by atoms with Crippen LogP contribution in [0.2, 0.25) is 0 Å². The highest BCUT2D eigenvalue weighted by molar-refractivity contribution is 7.07. The van der Waals surface area contributed by atoms with Crippen LogP contribution in [-0.2, 0) is 0 Å². The van der Waals surface area contributed by atoms with E-state index in [-0.39, 0.29) is 24.8 Å². The molecule has 0 radical (unpaired) electrons. The molecular formula is C14H26Cl2N2S. The van der Waals surface area contributed by atoms with Crippen LogP contribution < -0.4 is 5.32 Å². The van der Waals surface area contributed by atoms with Crippen LogP contribution in [0.5, 0.6) is 0 Å². The first kappa shape index (κ1) is 19.2. The van der Waals surface area contributed by atoms with Gasteiger partial charge < -0.3 is 5.32 Å². The molecule has 1 atom stereocenters. The Hall–Kier alpha value is 0.200. The van der Waals surface area contributed by atoms with E-state index in [2.05, 4.69) is 40.9 Å². The lowest BCUT2D eigenvalue weighted by molar-refractivity contribution is 0.160. The monoisotopic (exact) mass is 324 g/mol. The van der Waals surface area contributed by atoms with Gasteiger partial charge in [-0.05, 0) is 41.1 Å². The van der Waals surface area contributed by atoms with Crippen LogP contribution in [0.4, 0.5) is 0 Å². The van der Waals surface area contributed by atoms with E-state index < -0.39 is 0 Å². The smallest absolute Gasteiger partial charge is 0.0357 e. The van der Waals surface area contributed by atoms with E-state index in [1.54, 1.807) is 0 Å². The van der Waals surface area contributed by atoms with Gasteiger partial charge in [0.15, 0.2) is 0 Å². The third kappa shape index (κ3) is 6.01. The van der Waals surface area contributed by atoms with Crippen molar-refractivity contribution in [3.8, 4) is 0 Å². The molecular weight excluding hydrogens is 299 g/mol. The van der Waals surface area contributed by atoms with Crippen LogP contribution in [0, 0.1) is 5.92 Å². The molecule has 0 unspecified atom stereocenters. The number of thiophene rings is 1. The minimum absolute atomic E-state index is 0. The van der Waals surface area contributed by atoms with Gasteiger partial charge in [0.05, 0.1) is 0 Å². The van der Waals surface area contributed by atoms with Gasteiger partial charge in [-0.2, -0.15) is 11.3 Å². The molecule has 0 saturated carbocycles. The minimum atomic E-state index is 0. The van der Waals surface area contributed by atoms with Crippen LogP contribution >= 0.6 is 36.2 Å². The second-order valence-corrected chi connectivity index (χ2v) is 6.11. The molecule has 2 rings (SSSR count). The number of hydrogen-bond acceptors (Lipinski definition) is 3. The second kappa shape index (κ2) is 10.0. The van der Waals surface area contributed by atoms with Gasteiger partial charge in [0.25, 0.3) is 0 Å². The summed E-state index contributed by atoms with van der Waals surface area (Å²) in [6, 6.07) is 2.95. The zero-order valence-electron chi connectivity index (χ0n) is 11.8. The molecule has 2 nitrogen and oxygen atoms in total. The van der Waals surface area contributed by atoms with Crippen molar-refractivity contribution in [3.05, 3.63) is 22.4 Å². The molecule has 1 aromatic heterocycles. The highest BCUT2D eigenvalue weighted by Gasteiger charge is 2.22. The average Bonchev–Trinajstić information content (AvgIpc) is 2.84. The molecule has 0 aliphatic carbocycles. The molecule has 0 bridgehead atoms. The largest absolute Gasteiger partial charge is 0.314 e. The van der Waals surface area contributed by atoms with Gasteiger partial charge in [0.1, 0.15) is 0 Å². The van der Waals surface area contributed by atoms with Crippen molar-refractivity contribution in [2.45, 2.75) is 32.7 Å². The number of nitrogens with one attached hydrogen (secondary N) is 1. The third-order valence-corrected chi connectivity index (χ3v) is 4.24. The first-order valence-electron chi connectivity index (χ1n) is 6.74. The molecule has 1 aliphatic rings. The molecule has 0 aromatic carbocycles. The van der Waals surface area contributed by atoms with Crippen LogP contribution in [-0.4, -0.2) is 31.1 Å². The third-order valence-electron chi connectivity index (χ3n) is 3.54. The summed E-state index contributed by atoms with van der Waals surface area (Å²) < 4.78 is 0. The molecule has 19 heavy (non-hydrogen) atoms. The van der Waals surface area contributed by atoms with E-state index in [9.17, 15) is 0 Å². The number of piperazine rings is 1. The van der Waals surface area contributed by atoms with Gasteiger partial charge in [0.2, 0.25) is 0 Å². The Labute approximate surface area is 133 Å². The van der Waals surface area contributed by atoms with E-state index in [0.29, 0.717) is 6.04 Å². The van der Waals surface area contributed by atoms with Gasteiger partial charge in [-0.15, -0.1) is 24.8 Å². The van der Waals surface area contributed by atoms with Crippen molar-refractivity contribution < 1.29 is 0 Å². The molecule has 0 spiro atoms. The summed E-state index contributed by atoms with van der Waals surface area (Å²) in [7, 11) is 0. The Morgan fingerprint density at radius 3 is 2.42 bits per heavy atom. The van der Waals surface area contributed by atoms with Crippen molar-refractivity contribution >= 4 is 36.2 Å². The molecule has 112 valence electrons. The quantitative estimate of drug-likeness (QED) is 0.881. The SMILES string of the molecule is CC(C)CC[C@H](c1ccsc1)N1CCNCC1.Cl.Cl. The van der Waals surface area contributed by atoms with E-state index in [1.807, 2.05) is 11.3 Å². The fourth-order valence-corrected chi connectivity index (χ4v) is 3.22. The zero-order chi connectivity index (χ0) is 12.1. The normalized spacial score (nSPS) is 17.6. The van der Waals surface area contributed by atoms with E-state index in [1.165, 1.54) is 31.5 Å². The van der Waals surface area contributed by atoms with Crippen molar-refractivity contribution in [1.29, 1.82) is 0 Å². The summed E-state index contributed by atoms with van der Waals surface area (Å²) in [5.74, 6) is 0.805. The Morgan fingerprint density at radius 2 is 1.89 bits per heavy atom. The van der Waals surface area contributed by atoms with Crippen LogP contribution in [0.25, 0.3) is 0 Å². The number of halogens is 2. The molecule has 0 amide bonds. The Balaban J connectivity index is 0.00000162. The number of rotatable bonds is 5. The minimum Gasteiger partial charge on any atom is -0.314 e. The molecule has 1 N–H and O–H groups in total. The predicted octanol–water partition coefficient (Wildman–Crippen LogP) is 3.97. The first-order chi connectivity index (χ1) is 8.27. The molecule has 1 aromatic rings. The van der Waals surface area contributed by atoms with Crippen LogP contribution in [0.3, 0.4) is 0 Å². The summed E-state index contributed by atoms with van der Waals surface area (Å²) in [4.78, 5) is 2.65. The van der Waals surface area contributed by atoms with E-state index in [4.69, 9.17) is 0 Å². The van der Waals surface area contributed by atoms with E-state index in [0.717, 1.165) is 19.0 Å². The highest BCUT2D eigenvalue weighted by Crippen LogP contribution is 2.29. The van der Waals surface area contributed by atoms with Crippen LogP contribution in [0.15, 0.2) is 16.8 Å². The summed E-state index contributed by atoms with van der Waals surface area (Å²) >= 11 is 1.82. The second-order valence-electron chi connectivity index (χ2n) is 5.33. The molecule has 5 heteroatoms. The van der Waals surface area contributed by atoms with E-state index >= 15 is 0 Å². The molecule has 1 aliphatic heterocycles. The fraction of sp³-hybridized carbons (Fsp3) is 0.714. The topological polar surface area (TPSA) is 15.3 Å². The summed E-state index contributed by atoms with van der Waals surface area (Å²) in [5.41, 5.74) is 1.53. The highest BCUT2D eigenvalue weighted by atomic mass is 35.5. The summed E-state index contributed by atoms with van der Waals surface area (Å²) in [5, 5.41) is 7.98. The van der Waals surface area contributed by atoms with Gasteiger partial charge in [-0.1, -0.05) is 13.8 Å². The maximum atomic E-state index is 3.44. The Bertz CT molecular complexity index is 311. The lowest BCUT2D eigenvalue weighted by Gasteiger charge is -2.35. The van der Waals surface area contributed by atoms with Crippen molar-refractivity contribution in [3.63, 3.8) is 0 Å². The number of nitrogens with zero attached hydrogens (tertiary/aromatic N) is 1. The summed E-state index contributed by atoms with van der Waals surface area (Å²) in [6.07, 6.45) is 2.62. The lowest BCUT2D eigenvalue weighted by atomic mass is 9.98. The van der Waals surface area contributed by atoms with Gasteiger partial charge in [-0.3, -0.25) is 4.90 Å². The van der Waals surface area contributed by atoms with Gasteiger partial charge in [-0.25, -0.2) is 0 Å². The van der Waals surface area contributed by atoms with Gasteiger partial charge in [0, 0.05) is 32.2 Å². The molecule has 1 saturated heterocycles. The summed E-state index contributed by atoms with van der Waals surface area (Å²) in [6.45, 7) is 9.31. The van der Waals surface area contributed by atoms with Gasteiger partial charge >= 0.3 is 0 Å².